The highest BCUT2D eigenvalue weighted by molar-refractivity contribution is 6.03. The van der Waals surface area contributed by atoms with E-state index in [1.165, 1.54) is 5.56 Å². The molecule has 0 aliphatic rings. The normalized spacial score (nSPS) is 10.6. The van der Waals surface area contributed by atoms with Crippen LogP contribution in [0.5, 0.6) is 5.75 Å². The van der Waals surface area contributed by atoms with Gasteiger partial charge in [-0.1, -0.05) is 28.9 Å². The molecular weight excluding hydrogens is 328 g/mol. The van der Waals surface area contributed by atoms with Crippen molar-refractivity contribution in [3.8, 4) is 5.75 Å². The smallest absolute Gasteiger partial charge is 0.278 e. The number of aryl methyl sites for hydroxylation is 4. The van der Waals surface area contributed by atoms with Crippen LogP contribution in [0.15, 0.2) is 47.0 Å². The Labute approximate surface area is 153 Å². The quantitative estimate of drug-likeness (QED) is 0.722. The maximum absolute atomic E-state index is 12.6. The lowest BCUT2D eigenvalue weighted by Gasteiger charge is -2.09. The molecule has 3 aromatic rings. The summed E-state index contributed by atoms with van der Waals surface area (Å²) in [6.45, 7) is 8.07. The Bertz CT molecular complexity index is 927. The van der Waals surface area contributed by atoms with Crippen LogP contribution in [0, 0.1) is 27.7 Å². The molecule has 1 N–H and O–H groups in total. The lowest BCUT2D eigenvalue weighted by atomic mass is 10.1. The van der Waals surface area contributed by atoms with E-state index in [1.54, 1.807) is 6.92 Å². The van der Waals surface area contributed by atoms with Gasteiger partial charge in [-0.25, -0.2) is 0 Å². The fourth-order valence-electron chi connectivity index (χ4n) is 2.53. The molecule has 0 unspecified atom stereocenters. The van der Waals surface area contributed by atoms with Crippen molar-refractivity contribution in [2.24, 2.45) is 0 Å². The minimum absolute atomic E-state index is 0.217. The van der Waals surface area contributed by atoms with Crippen molar-refractivity contribution in [2.45, 2.75) is 34.3 Å². The van der Waals surface area contributed by atoms with Crippen molar-refractivity contribution < 1.29 is 14.1 Å². The maximum Gasteiger partial charge on any atom is 0.278 e. The van der Waals surface area contributed by atoms with Gasteiger partial charge in [-0.05, 0) is 63.1 Å². The zero-order valence-electron chi connectivity index (χ0n) is 15.4. The fourth-order valence-corrected chi connectivity index (χ4v) is 2.53. The number of aromatic nitrogens is 1. The molecule has 0 saturated carbocycles. The predicted octanol–water partition coefficient (Wildman–Crippen LogP) is 4.74. The number of rotatable bonds is 5. The molecule has 0 radical (unpaired) electrons. The van der Waals surface area contributed by atoms with Gasteiger partial charge in [0.2, 0.25) is 0 Å². The van der Waals surface area contributed by atoms with Gasteiger partial charge in [-0.2, -0.15) is 0 Å². The second-order valence-electron chi connectivity index (χ2n) is 6.42. The zero-order chi connectivity index (χ0) is 18.7. The summed E-state index contributed by atoms with van der Waals surface area (Å²) in [5, 5.41) is 6.74. The lowest BCUT2D eigenvalue weighted by molar-refractivity contribution is 0.101. The number of amides is 1. The van der Waals surface area contributed by atoms with Crippen LogP contribution in [0.1, 0.15) is 38.5 Å². The molecule has 0 aliphatic carbocycles. The third-order valence-electron chi connectivity index (χ3n) is 4.37. The first kappa shape index (κ1) is 17.7. The summed E-state index contributed by atoms with van der Waals surface area (Å²) in [6.07, 6.45) is 0. The van der Waals surface area contributed by atoms with Gasteiger partial charge in [0.25, 0.3) is 5.91 Å². The summed E-state index contributed by atoms with van der Waals surface area (Å²) in [7, 11) is 0. The summed E-state index contributed by atoms with van der Waals surface area (Å²) in [4.78, 5) is 12.6. The predicted molar refractivity (Wildman–Crippen MR) is 101 cm³/mol. The molecule has 1 aromatic heterocycles. The lowest BCUT2D eigenvalue weighted by Crippen LogP contribution is -2.15. The number of benzene rings is 2. The maximum atomic E-state index is 12.6. The first-order valence-corrected chi connectivity index (χ1v) is 8.47. The van der Waals surface area contributed by atoms with Crippen LogP contribution >= 0.6 is 0 Å². The molecule has 3 rings (SSSR count). The standard InChI is InChI=1S/C21H22N2O3/c1-13-5-8-17(9-6-13)22-21(24)20-19(16(4)26-23-20)12-25-18-10-7-14(2)15(3)11-18/h5-11H,12H2,1-4H3,(H,22,24). The van der Waals surface area contributed by atoms with Crippen molar-refractivity contribution in [3.63, 3.8) is 0 Å². The Hall–Kier alpha value is -3.08. The Morgan fingerprint density at radius 2 is 1.77 bits per heavy atom. The van der Waals surface area contributed by atoms with Gasteiger partial charge >= 0.3 is 0 Å². The highest BCUT2D eigenvalue weighted by Crippen LogP contribution is 2.21. The average molecular weight is 350 g/mol. The van der Waals surface area contributed by atoms with E-state index < -0.39 is 0 Å². The van der Waals surface area contributed by atoms with Crippen LogP contribution in [-0.4, -0.2) is 11.1 Å². The molecule has 5 heteroatoms. The second-order valence-corrected chi connectivity index (χ2v) is 6.42. The minimum Gasteiger partial charge on any atom is -0.489 e. The number of carbonyl (C=O) groups excluding carboxylic acids is 1. The van der Waals surface area contributed by atoms with Gasteiger partial charge in [-0.15, -0.1) is 0 Å². The third kappa shape index (κ3) is 3.94. The van der Waals surface area contributed by atoms with E-state index in [4.69, 9.17) is 9.26 Å². The Morgan fingerprint density at radius 3 is 2.46 bits per heavy atom. The fraction of sp³-hybridized carbons (Fsp3) is 0.238. The summed E-state index contributed by atoms with van der Waals surface area (Å²) in [6, 6.07) is 13.5. The SMILES string of the molecule is Cc1ccc(NC(=O)c2noc(C)c2COc2ccc(C)c(C)c2)cc1. The molecule has 0 aliphatic heterocycles. The van der Waals surface area contributed by atoms with Crippen molar-refractivity contribution in [3.05, 3.63) is 76.2 Å². The monoisotopic (exact) mass is 350 g/mol. The number of hydrogen-bond donors (Lipinski definition) is 1. The summed E-state index contributed by atoms with van der Waals surface area (Å²) in [5.74, 6) is 1.01. The van der Waals surface area contributed by atoms with Crippen molar-refractivity contribution in [1.82, 2.24) is 5.16 Å². The van der Waals surface area contributed by atoms with Crippen LogP contribution in [0.25, 0.3) is 0 Å². The molecule has 2 aromatic carbocycles. The van der Waals surface area contributed by atoms with Gasteiger partial charge < -0.3 is 14.6 Å². The van der Waals surface area contributed by atoms with Crippen LogP contribution in [-0.2, 0) is 6.61 Å². The van der Waals surface area contributed by atoms with Crippen molar-refractivity contribution in [2.75, 3.05) is 5.32 Å². The molecule has 1 heterocycles. The van der Waals surface area contributed by atoms with Crippen LogP contribution < -0.4 is 10.1 Å². The molecule has 0 fully saturated rings. The van der Waals surface area contributed by atoms with E-state index in [0.29, 0.717) is 17.0 Å². The van der Waals surface area contributed by atoms with Gasteiger partial charge in [0.15, 0.2) is 5.69 Å². The first-order chi connectivity index (χ1) is 12.4. The van der Waals surface area contributed by atoms with Gasteiger partial charge in [0, 0.05) is 5.69 Å². The largest absolute Gasteiger partial charge is 0.489 e. The summed E-state index contributed by atoms with van der Waals surface area (Å²) in [5.41, 5.74) is 5.09. The van der Waals surface area contributed by atoms with Gasteiger partial charge in [0.05, 0.1) is 5.56 Å². The molecule has 5 nitrogen and oxygen atoms in total. The van der Waals surface area contributed by atoms with E-state index in [0.717, 1.165) is 16.9 Å². The number of nitrogens with one attached hydrogen (secondary N) is 1. The molecular formula is C21H22N2O3. The van der Waals surface area contributed by atoms with Crippen molar-refractivity contribution in [1.29, 1.82) is 0 Å². The molecule has 26 heavy (non-hydrogen) atoms. The van der Waals surface area contributed by atoms with Gasteiger partial charge in [-0.3, -0.25) is 4.79 Å². The highest BCUT2D eigenvalue weighted by atomic mass is 16.5. The molecule has 0 bridgehead atoms. The third-order valence-corrected chi connectivity index (χ3v) is 4.37. The molecule has 0 saturated heterocycles. The van der Waals surface area contributed by atoms with E-state index in [2.05, 4.69) is 17.4 Å². The average Bonchev–Trinajstić information content (AvgIpc) is 2.99. The van der Waals surface area contributed by atoms with E-state index in [1.807, 2.05) is 56.3 Å². The second kappa shape index (κ2) is 7.44. The molecule has 134 valence electrons. The minimum atomic E-state index is -0.315. The number of nitrogens with zero attached hydrogens (tertiary/aromatic N) is 1. The molecule has 0 atom stereocenters. The van der Waals surface area contributed by atoms with E-state index in [-0.39, 0.29) is 18.2 Å². The number of carbonyl (C=O) groups is 1. The summed E-state index contributed by atoms with van der Waals surface area (Å²) < 4.78 is 11.1. The summed E-state index contributed by atoms with van der Waals surface area (Å²) >= 11 is 0. The van der Waals surface area contributed by atoms with Crippen molar-refractivity contribution >= 4 is 11.6 Å². The van der Waals surface area contributed by atoms with E-state index >= 15 is 0 Å². The van der Waals surface area contributed by atoms with Gasteiger partial charge in [0.1, 0.15) is 18.1 Å². The number of ether oxygens (including phenoxy) is 1. The Morgan fingerprint density at radius 1 is 1.04 bits per heavy atom. The topological polar surface area (TPSA) is 64.4 Å². The zero-order valence-corrected chi connectivity index (χ0v) is 15.4. The van der Waals surface area contributed by atoms with Crippen LogP contribution in [0.3, 0.4) is 0 Å². The number of hydrogen-bond acceptors (Lipinski definition) is 4. The first-order valence-electron chi connectivity index (χ1n) is 8.47. The van der Waals surface area contributed by atoms with E-state index in [9.17, 15) is 4.79 Å². The van der Waals surface area contributed by atoms with Crippen LogP contribution in [0.2, 0.25) is 0 Å². The number of anilines is 1. The Kier molecular flexibility index (Phi) is 5.07. The van der Waals surface area contributed by atoms with Crippen LogP contribution in [0.4, 0.5) is 5.69 Å². The molecule has 1 amide bonds. The molecule has 0 spiro atoms. The Balaban J connectivity index is 1.74. The highest BCUT2D eigenvalue weighted by Gasteiger charge is 2.20.